The van der Waals surface area contributed by atoms with Crippen molar-refractivity contribution in [3.8, 4) is 11.3 Å². The molecule has 9 heteroatoms. The number of fused-ring (bicyclic) bond motifs is 1. The lowest BCUT2D eigenvalue weighted by Gasteiger charge is -2.31. The van der Waals surface area contributed by atoms with E-state index in [1.807, 2.05) is 45.0 Å². The van der Waals surface area contributed by atoms with Gasteiger partial charge < -0.3 is 20.3 Å². The standard InChI is InChI=1S/C25H29N7O2/c1-25(2,3)34-24(33)32-11-8-16(9-12-32)21-14-19-22(26-15-27-23(19)30-21)29-18-6-4-5-17(13-18)20-7-10-28-31-20/h4-8,10,13,15,21H,9,11-12,14H2,1-3H3,(H,28,31)(H2,26,27,29,30). The molecule has 0 bridgehead atoms. The van der Waals surface area contributed by atoms with E-state index in [-0.39, 0.29) is 12.1 Å². The third-order valence-corrected chi connectivity index (χ3v) is 5.95. The molecule has 0 aliphatic carbocycles. The van der Waals surface area contributed by atoms with Gasteiger partial charge in [-0.3, -0.25) is 5.10 Å². The number of carbonyl (C=O) groups excluding carboxylic acids is 1. The first-order valence-electron chi connectivity index (χ1n) is 11.5. The predicted octanol–water partition coefficient (Wildman–Crippen LogP) is 4.51. The van der Waals surface area contributed by atoms with E-state index in [0.29, 0.717) is 13.1 Å². The van der Waals surface area contributed by atoms with Gasteiger partial charge in [0.15, 0.2) is 0 Å². The predicted molar refractivity (Wildman–Crippen MR) is 131 cm³/mol. The molecule has 9 nitrogen and oxygen atoms in total. The number of nitrogens with zero attached hydrogens (tertiary/aromatic N) is 4. The Bertz CT molecular complexity index is 1210. The second kappa shape index (κ2) is 8.81. The van der Waals surface area contributed by atoms with Crippen LogP contribution >= 0.6 is 0 Å². The molecule has 3 N–H and O–H groups in total. The van der Waals surface area contributed by atoms with Gasteiger partial charge in [0.2, 0.25) is 0 Å². The molecule has 1 amide bonds. The number of hydrogen-bond donors (Lipinski definition) is 3. The molecule has 3 aromatic rings. The molecule has 1 aromatic carbocycles. The quantitative estimate of drug-likeness (QED) is 0.493. The van der Waals surface area contributed by atoms with Crippen molar-refractivity contribution in [2.45, 2.75) is 45.3 Å². The Balaban J connectivity index is 1.27. The lowest BCUT2D eigenvalue weighted by atomic mass is 9.97. The average molecular weight is 460 g/mol. The summed E-state index contributed by atoms with van der Waals surface area (Å²) in [5.41, 5.74) is 4.81. The van der Waals surface area contributed by atoms with Crippen LogP contribution in [0.1, 0.15) is 32.8 Å². The molecule has 2 aliphatic rings. The number of benzene rings is 1. The zero-order valence-electron chi connectivity index (χ0n) is 19.6. The van der Waals surface area contributed by atoms with Crippen LogP contribution in [0.4, 0.5) is 22.1 Å². The fourth-order valence-corrected chi connectivity index (χ4v) is 4.29. The molecular weight excluding hydrogens is 430 g/mol. The van der Waals surface area contributed by atoms with E-state index in [9.17, 15) is 4.79 Å². The summed E-state index contributed by atoms with van der Waals surface area (Å²) in [7, 11) is 0. The minimum Gasteiger partial charge on any atom is -0.444 e. The Labute approximate surface area is 198 Å². The van der Waals surface area contributed by atoms with Crippen molar-refractivity contribution in [3.05, 3.63) is 60.1 Å². The van der Waals surface area contributed by atoms with Crippen LogP contribution < -0.4 is 10.6 Å². The van der Waals surface area contributed by atoms with Gasteiger partial charge in [0.1, 0.15) is 23.6 Å². The van der Waals surface area contributed by atoms with Crippen molar-refractivity contribution in [1.29, 1.82) is 0 Å². The summed E-state index contributed by atoms with van der Waals surface area (Å²) in [5, 5.41) is 14.0. The first-order valence-corrected chi connectivity index (χ1v) is 11.5. The number of H-pyrrole nitrogens is 1. The summed E-state index contributed by atoms with van der Waals surface area (Å²) < 4.78 is 5.50. The molecule has 1 unspecified atom stereocenters. The van der Waals surface area contributed by atoms with E-state index in [0.717, 1.165) is 47.0 Å². The van der Waals surface area contributed by atoms with Gasteiger partial charge in [0.25, 0.3) is 0 Å². The molecule has 0 radical (unpaired) electrons. The maximum atomic E-state index is 12.4. The van der Waals surface area contributed by atoms with Crippen molar-refractivity contribution in [2.24, 2.45) is 0 Å². The van der Waals surface area contributed by atoms with E-state index < -0.39 is 5.60 Å². The summed E-state index contributed by atoms with van der Waals surface area (Å²) in [6.07, 6.45) is 6.77. The van der Waals surface area contributed by atoms with Gasteiger partial charge >= 0.3 is 6.09 Å². The fraction of sp³-hybridized carbons (Fsp3) is 0.360. The van der Waals surface area contributed by atoms with Gasteiger partial charge in [-0.2, -0.15) is 5.10 Å². The smallest absolute Gasteiger partial charge is 0.410 e. The molecule has 2 aliphatic heterocycles. The topological polar surface area (TPSA) is 108 Å². The number of aromatic nitrogens is 4. The van der Waals surface area contributed by atoms with Crippen molar-refractivity contribution in [2.75, 3.05) is 23.7 Å². The van der Waals surface area contributed by atoms with Crippen LogP contribution in [0, 0.1) is 0 Å². The summed E-state index contributed by atoms with van der Waals surface area (Å²) in [6.45, 7) is 6.85. The van der Waals surface area contributed by atoms with Gasteiger partial charge in [0, 0.05) is 42.5 Å². The van der Waals surface area contributed by atoms with Gasteiger partial charge in [-0.1, -0.05) is 18.2 Å². The number of aromatic amines is 1. The Morgan fingerprint density at radius 3 is 2.85 bits per heavy atom. The molecule has 0 spiro atoms. The van der Waals surface area contributed by atoms with E-state index in [1.54, 1.807) is 17.4 Å². The number of rotatable bonds is 4. The van der Waals surface area contributed by atoms with Crippen LogP contribution in [-0.4, -0.2) is 55.9 Å². The van der Waals surface area contributed by atoms with Crippen LogP contribution in [0.3, 0.4) is 0 Å². The van der Waals surface area contributed by atoms with E-state index in [2.05, 4.69) is 42.9 Å². The minimum atomic E-state index is -0.490. The van der Waals surface area contributed by atoms with Crippen LogP contribution in [0.2, 0.25) is 0 Å². The lowest BCUT2D eigenvalue weighted by Crippen LogP contribution is -2.40. The number of hydrogen-bond acceptors (Lipinski definition) is 7. The third kappa shape index (κ3) is 4.73. The lowest BCUT2D eigenvalue weighted by molar-refractivity contribution is 0.0265. The minimum absolute atomic E-state index is 0.143. The maximum absolute atomic E-state index is 12.4. The van der Waals surface area contributed by atoms with Gasteiger partial charge in [-0.25, -0.2) is 14.8 Å². The number of carbonyl (C=O) groups is 1. The summed E-state index contributed by atoms with van der Waals surface area (Å²) in [5.74, 6) is 1.65. The van der Waals surface area contributed by atoms with E-state index in [1.165, 1.54) is 5.57 Å². The van der Waals surface area contributed by atoms with Gasteiger partial charge in [-0.05, 0) is 51.0 Å². The number of anilines is 3. The number of amides is 1. The summed E-state index contributed by atoms with van der Waals surface area (Å²) in [4.78, 5) is 23.1. The highest BCUT2D eigenvalue weighted by Gasteiger charge is 2.31. The fourth-order valence-electron chi connectivity index (χ4n) is 4.29. The largest absolute Gasteiger partial charge is 0.444 e. The second-order valence-corrected chi connectivity index (χ2v) is 9.58. The number of nitrogens with one attached hydrogen (secondary N) is 3. The summed E-state index contributed by atoms with van der Waals surface area (Å²) >= 11 is 0. The molecule has 176 valence electrons. The van der Waals surface area contributed by atoms with Crippen molar-refractivity contribution < 1.29 is 9.53 Å². The molecule has 5 rings (SSSR count). The van der Waals surface area contributed by atoms with Crippen LogP contribution in [0.15, 0.2) is 54.5 Å². The van der Waals surface area contributed by atoms with Crippen molar-refractivity contribution in [1.82, 2.24) is 25.1 Å². The molecule has 34 heavy (non-hydrogen) atoms. The first kappa shape index (κ1) is 21.9. The third-order valence-electron chi connectivity index (χ3n) is 5.95. The van der Waals surface area contributed by atoms with Crippen LogP contribution in [0.25, 0.3) is 11.3 Å². The Hall–Kier alpha value is -3.88. The Kier molecular flexibility index (Phi) is 5.69. The molecule has 1 atom stereocenters. The van der Waals surface area contributed by atoms with Crippen molar-refractivity contribution in [3.63, 3.8) is 0 Å². The van der Waals surface area contributed by atoms with E-state index >= 15 is 0 Å². The average Bonchev–Trinajstić information content (AvgIpc) is 3.49. The zero-order chi connectivity index (χ0) is 23.7. The van der Waals surface area contributed by atoms with Gasteiger partial charge in [0.05, 0.1) is 11.7 Å². The first-order chi connectivity index (χ1) is 16.4. The van der Waals surface area contributed by atoms with Crippen LogP contribution in [-0.2, 0) is 11.2 Å². The second-order valence-electron chi connectivity index (χ2n) is 9.58. The van der Waals surface area contributed by atoms with Gasteiger partial charge in [-0.15, -0.1) is 0 Å². The molecular formula is C25H29N7O2. The molecule has 4 heterocycles. The highest BCUT2D eigenvalue weighted by Crippen LogP contribution is 2.34. The molecule has 0 saturated carbocycles. The molecule has 2 aromatic heterocycles. The van der Waals surface area contributed by atoms with E-state index in [4.69, 9.17) is 4.74 Å². The van der Waals surface area contributed by atoms with Crippen LogP contribution in [0.5, 0.6) is 0 Å². The Morgan fingerprint density at radius 2 is 2.12 bits per heavy atom. The zero-order valence-corrected chi connectivity index (χ0v) is 19.6. The number of ether oxygens (including phenoxy) is 1. The monoisotopic (exact) mass is 459 g/mol. The Morgan fingerprint density at radius 1 is 1.24 bits per heavy atom. The molecule has 0 saturated heterocycles. The maximum Gasteiger partial charge on any atom is 0.410 e. The summed E-state index contributed by atoms with van der Waals surface area (Å²) in [6, 6.07) is 10.2. The highest BCUT2D eigenvalue weighted by molar-refractivity contribution is 5.72. The normalized spacial score (nSPS) is 17.6. The SMILES string of the molecule is CC(C)(C)OC(=O)N1CC=C(C2Cc3c(Nc4cccc(-c5ccn[nH]5)c4)ncnc3N2)CC1. The van der Waals surface area contributed by atoms with Crippen molar-refractivity contribution >= 4 is 23.4 Å². The highest BCUT2D eigenvalue weighted by atomic mass is 16.6. The molecule has 0 fully saturated rings.